The van der Waals surface area contributed by atoms with Crippen molar-refractivity contribution in [3.63, 3.8) is 0 Å². The molecule has 1 fully saturated rings. The third kappa shape index (κ3) is 3.07. The largest absolute Gasteiger partial charge is 0.468 e. The fourth-order valence-electron chi connectivity index (χ4n) is 2.24. The highest BCUT2D eigenvalue weighted by atomic mass is 16.5. The van der Waals surface area contributed by atoms with E-state index in [-0.39, 0.29) is 12.0 Å². The van der Waals surface area contributed by atoms with E-state index < -0.39 is 0 Å². The lowest BCUT2D eigenvalue weighted by Gasteiger charge is -2.38. The van der Waals surface area contributed by atoms with Crippen molar-refractivity contribution in [2.45, 2.75) is 25.3 Å². The summed E-state index contributed by atoms with van der Waals surface area (Å²) in [5.41, 5.74) is 1.36. The molecule has 3 nitrogen and oxygen atoms in total. The second-order valence-electron chi connectivity index (χ2n) is 4.45. The van der Waals surface area contributed by atoms with Crippen LogP contribution >= 0.6 is 0 Å². The molecule has 1 aromatic rings. The number of rotatable bonds is 5. The zero-order valence-electron chi connectivity index (χ0n) is 10.3. The number of methoxy groups -OCH3 is 1. The Kier molecular flexibility index (Phi) is 4.15. The molecule has 0 aliphatic carbocycles. The maximum absolute atomic E-state index is 11.4. The highest BCUT2D eigenvalue weighted by Gasteiger charge is 2.34. The van der Waals surface area contributed by atoms with Crippen molar-refractivity contribution in [1.29, 1.82) is 0 Å². The Morgan fingerprint density at radius 3 is 2.76 bits per heavy atom. The first-order valence-electron chi connectivity index (χ1n) is 6.17. The number of aryl methyl sites for hydroxylation is 1. The van der Waals surface area contributed by atoms with Crippen LogP contribution in [0.2, 0.25) is 0 Å². The van der Waals surface area contributed by atoms with Crippen molar-refractivity contribution in [2.24, 2.45) is 0 Å². The molecule has 17 heavy (non-hydrogen) atoms. The number of likely N-dealkylation sites (tertiary alicyclic amines) is 1. The molecule has 0 spiro atoms. The zero-order valence-corrected chi connectivity index (χ0v) is 10.3. The first kappa shape index (κ1) is 12.1. The van der Waals surface area contributed by atoms with Crippen LogP contribution in [0.3, 0.4) is 0 Å². The van der Waals surface area contributed by atoms with Crippen LogP contribution in [0.1, 0.15) is 18.4 Å². The molecule has 0 amide bonds. The number of esters is 1. The molecule has 1 saturated heterocycles. The Bertz CT molecular complexity index is 364. The van der Waals surface area contributed by atoms with E-state index in [4.69, 9.17) is 4.74 Å². The van der Waals surface area contributed by atoms with E-state index in [0.29, 0.717) is 0 Å². The molecule has 1 atom stereocenters. The van der Waals surface area contributed by atoms with Crippen molar-refractivity contribution in [1.82, 2.24) is 4.90 Å². The van der Waals surface area contributed by atoms with Gasteiger partial charge in [0.25, 0.3) is 0 Å². The van der Waals surface area contributed by atoms with Gasteiger partial charge in [-0.1, -0.05) is 30.3 Å². The monoisotopic (exact) mass is 233 g/mol. The van der Waals surface area contributed by atoms with Gasteiger partial charge in [0.15, 0.2) is 0 Å². The fraction of sp³-hybridized carbons (Fsp3) is 0.500. The highest BCUT2D eigenvalue weighted by molar-refractivity contribution is 5.76. The minimum absolute atomic E-state index is 0.00998. The summed E-state index contributed by atoms with van der Waals surface area (Å²) in [5, 5.41) is 0. The average Bonchev–Trinajstić information content (AvgIpc) is 2.34. The summed E-state index contributed by atoms with van der Waals surface area (Å²) in [4.78, 5) is 13.6. The maximum atomic E-state index is 11.4. The Morgan fingerprint density at radius 1 is 1.41 bits per heavy atom. The summed E-state index contributed by atoms with van der Waals surface area (Å²) in [7, 11) is 1.46. The molecule has 2 rings (SSSR count). The maximum Gasteiger partial charge on any atom is 0.323 e. The number of ether oxygens (including phenoxy) is 1. The van der Waals surface area contributed by atoms with E-state index in [2.05, 4.69) is 29.2 Å². The standard InChI is InChI=1S/C14H19NO2/c1-17-14(16)13-9-11-15(13)10-5-8-12-6-3-2-4-7-12/h2-4,6-7,13H,5,8-11H2,1H3. The van der Waals surface area contributed by atoms with Crippen LogP contribution < -0.4 is 0 Å². The van der Waals surface area contributed by atoms with Gasteiger partial charge in [0.1, 0.15) is 6.04 Å². The summed E-state index contributed by atoms with van der Waals surface area (Å²) in [5.74, 6) is -0.0871. The Labute approximate surface area is 102 Å². The molecule has 1 heterocycles. The summed E-state index contributed by atoms with van der Waals surface area (Å²) >= 11 is 0. The molecular weight excluding hydrogens is 214 g/mol. The van der Waals surface area contributed by atoms with Crippen molar-refractivity contribution in [3.05, 3.63) is 35.9 Å². The van der Waals surface area contributed by atoms with E-state index >= 15 is 0 Å². The Hall–Kier alpha value is -1.35. The van der Waals surface area contributed by atoms with Gasteiger partial charge >= 0.3 is 5.97 Å². The summed E-state index contributed by atoms with van der Waals surface area (Å²) < 4.78 is 4.77. The van der Waals surface area contributed by atoms with Gasteiger partial charge in [-0.25, -0.2) is 0 Å². The van der Waals surface area contributed by atoms with Gasteiger partial charge in [-0.2, -0.15) is 0 Å². The van der Waals surface area contributed by atoms with E-state index in [1.807, 2.05) is 6.07 Å². The first-order chi connectivity index (χ1) is 8.31. The summed E-state index contributed by atoms with van der Waals surface area (Å²) in [6, 6.07) is 10.5. The van der Waals surface area contributed by atoms with Crippen molar-refractivity contribution in [3.8, 4) is 0 Å². The third-order valence-corrected chi connectivity index (χ3v) is 3.36. The molecule has 1 unspecified atom stereocenters. The lowest BCUT2D eigenvalue weighted by molar-refractivity contribution is -0.151. The second kappa shape index (κ2) is 5.82. The van der Waals surface area contributed by atoms with Crippen LogP contribution in [0, 0.1) is 0 Å². The van der Waals surface area contributed by atoms with E-state index in [1.165, 1.54) is 12.7 Å². The minimum Gasteiger partial charge on any atom is -0.468 e. The van der Waals surface area contributed by atoms with E-state index in [9.17, 15) is 4.79 Å². The van der Waals surface area contributed by atoms with Gasteiger partial charge in [-0.05, 0) is 31.4 Å². The summed E-state index contributed by atoms with van der Waals surface area (Å²) in [6.45, 7) is 2.00. The predicted molar refractivity (Wildman–Crippen MR) is 66.8 cm³/mol. The highest BCUT2D eigenvalue weighted by Crippen LogP contribution is 2.19. The van der Waals surface area contributed by atoms with Crippen LogP contribution in [-0.4, -0.2) is 37.1 Å². The van der Waals surface area contributed by atoms with Gasteiger partial charge in [-0.3, -0.25) is 9.69 Å². The Morgan fingerprint density at radius 2 is 2.18 bits per heavy atom. The lowest BCUT2D eigenvalue weighted by Crippen LogP contribution is -2.53. The van der Waals surface area contributed by atoms with Crippen LogP contribution in [0.25, 0.3) is 0 Å². The molecule has 0 bridgehead atoms. The number of hydrogen-bond acceptors (Lipinski definition) is 3. The van der Waals surface area contributed by atoms with Crippen LogP contribution in [0.5, 0.6) is 0 Å². The minimum atomic E-state index is -0.0871. The molecule has 0 saturated carbocycles. The van der Waals surface area contributed by atoms with Gasteiger partial charge in [0.05, 0.1) is 7.11 Å². The van der Waals surface area contributed by atoms with Crippen LogP contribution in [0.4, 0.5) is 0 Å². The SMILES string of the molecule is COC(=O)C1CCN1CCCc1ccccc1. The number of hydrogen-bond donors (Lipinski definition) is 0. The molecule has 1 aromatic carbocycles. The molecular formula is C14H19NO2. The van der Waals surface area contributed by atoms with Crippen molar-refractivity contribution < 1.29 is 9.53 Å². The van der Waals surface area contributed by atoms with E-state index in [1.54, 1.807) is 0 Å². The summed E-state index contributed by atoms with van der Waals surface area (Å²) in [6.07, 6.45) is 3.11. The molecule has 3 heteroatoms. The third-order valence-electron chi connectivity index (χ3n) is 3.36. The second-order valence-corrected chi connectivity index (χ2v) is 4.45. The molecule has 92 valence electrons. The van der Waals surface area contributed by atoms with Gasteiger partial charge in [0.2, 0.25) is 0 Å². The molecule has 0 radical (unpaired) electrons. The number of carbonyl (C=O) groups is 1. The van der Waals surface area contributed by atoms with Crippen LogP contribution in [0.15, 0.2) is 30.3 Å². The number of carbonyl (C=O) groups excluding carboxylic acids is 1. The fourth-order valence-corrected chi connectivity index (χ4v) is 2.24. The van der Waals surface area contributed by atoms with Gasteiger partial charge < -0.3 is 4.74 Å². The smallest absolute Gasteiger partial charge is 0.323 e. The Balaban J connectivity index is 1.71. The molecule has 1 aliphatic rings. The van der Waals surface area contributed by atoms with Crippen molar-refractivity contribution in [2.75, 3.05) is 20.2 Å². The normalized spacial score (nSPS) is 19.7. The average molecular weight is 233 g/mol. The lowest BCUT2D eigenvalue weighted by atomic mass is 10.0. The molecule has 0 aromatic heterocycles. The number of benzene rings is 1. The van der Waals surface area contributed by atoms with Gasteiger partial charge in [0, 0.05) is 6.54 Å². The van der Waals surface area contributed by atoms with E-state index in [0.717, 1.165) is 32.4 Å². The zero-order chi connectivity index (χ0) is 12.1. The van der Waals surface area contributed by atoms with Crippen molar-refractivity contribution >= 4 is 5.97 Å². The first-order valence-corrected chi connectivity index (χ1v) is 6.17. The topological polar surface area (TPSA) is 29.5 Å². The molecule has 1 aliphatic heterocycles. The predicted octanol–water partition coefficient (Wildman–Crippen LogP) is 1.87. The number of nitrogens with zero attached hydrogens (tertiary/aromatic N) is 1. The molecule has 0 N–H and O–H groups in total. The van der Waals surface area contributed by atoms with Crippen LogP contribution in [-0.2, 0) is 16.0 Å². The van der Waals surface area contributed by atoms with Gasteiger partial charge in [-0.15, -0.1) is 0 Å². The quantitative estimate of drug-likeness (QED) is 0.727.